The molecule has 0 aromatic carbocycles. The first-order chi connectivity index (χ1) is 11.7. The minimum absolute atomic E-state index is 0.323. The summed E-state index contributed by atoms with van der Waals surface area (Å²) in [7, 11) is 0. The van der Waals surface area contributed by atoms with Crippen LogP contribution in [0.25, 0.3) is 0 Å². The highest BCUT2D eigenvalue weighted by molar-refractivity contribution is 5.80. The molecule has 0 saturated heterocycles. The number of unbranched alkanes of at least 4 members (excludes halogenated alkanes) is 10. The summed E-state index contributed by atoms with van der Waals surface area (Å²) in [4.78, 5) is 12.6. The second-order valence-electron chi connectivity index (χ2n) is 8.33. The predicted molar refractivity (Wildman–Crippen MR) is 106 cm³/mol. The number of hydrogen-bond donors (Lipinski definition) is 0. The van der Waals surface area contributed by atoms with E-state index in [-0.39, 0.29) is 0 Å². The second-order valence-corrected chi connectivity index (χ2v) is 8.33. The van der Waals surface area contributed by atoms with Gasteiger partial charge in [-0.3, -0.25) is 4.79 Å². The fourth-order valence-electron chi connectivity index (χ4n) is 4.12. The van der Waals surface area contributed by atoms with Crippen molar-refractivity contribution < 1.29 is 4.79 Å². The van der Waals surface area contributed by atoms with Gasteiger partial charge in [0.2, 0.25) is 0 Å². The normalized spacial score (nSPS) is 17.0. The number of hydrogen-bond acceptors (Lipinski definition) is 1. The summed E-state index contributed by atoms with van der Waals surface area (Å²) in [6.45, 7) is 6.77. The van der Waals surface area contributed by atoms with Gasteiger partial charge in [0, 0.05) is 12.3 Å². The Kier molecular flexibility index (Phi) is 12.6. The van der Waals surface area contributed by atoms with Crippen molar-refractivity contribution >= 4 is 5.78 Å². The first-order valence-electron chi connectivity index (χ1n) is 11.2. The molecule has 142 valence electrons. The van der Waals surface area contributed by atoms with Crippen LogP contribution >= 0.6 is 0 Å². The summed E-state index contributed by atoms with van der Waals surface area (Å²) in [6, 6.07) is 0. The first kappa shape index (κ1) is 21.7. The van der Waals surface area contributed by atoms with E-state index < -0.39 is 0 Å². The number of carbonyl (C=O) groups excluding carboxylic acids is 1. The predicted octanol–water partition coefficient (Wildman–Crippen LogP) is 7.72. The molecule has 0 aliphatic heterocycles. The van der Waals surface area contributed by atoms with E-state index in [1.54, 1.807) is 0 Å². The lowest BCUT2D eigenvalue weighted by molar-refractivity contribution is -0.124. The summed E-state index contributed by atoms with van der Waals surface area (Å²) < 4.78 is 0. The highest BCUT2D eigenvalue weighted by Crippen LogP contribution is 2.43. The molecule has 1 aliphatic carbocycles. The molecule has 24 heavy (non-hydrogen) atoms. The van der Waals surface area contributed by atoms with Gasteiger partial charge in [0.05, 0.1) is 0 Å². The maximum atomic E-state index is 12.6. The smallest absolute Gasteiger partial charge is 0.135 e. The largest absolute Gasteiger partial charge is 0.299 e. The van der Waals surface area contributed by atoms with Crippen LogP contribution in [0.3, 0.4) is 0 Å². The van der Waals surface area contributed by atoms with Crippen molar-refractivity contribution in [3.8, 4) is 0 Å². The molecule has 0 aromatic heterocycles. The topological polar surface area (TPSA) is 17.1 Å². The summed E-state index contributed by atoms with van der Waals surface area (Å²) in [5.41, 5.74) is 0. The molecule has 0 radical (unpaired) electrons. The molecule has 2 unspecified atom stereocenters. The fraction of sp³-hybridized carbons (Fsp3) is 0.957. The van der Waals surface area contributed by atoms with Crippen LogP contribution in [0, 0.1) is 17.8 Å². The maximum Gasteiger partial charge on any atom is 0.135 e. The van der Waals surface area contributed by atoms with Crippen molar-refractivity contribution in [2.75, 3.05) is 0 Å². The van der Waals surface area contributed by atoms with Gasteiger partial charge in [-0.1, -0.05) is 91.4 Å². The zero-order chi connectivity index (χ0) is 17.6. The molecule has 1 rings (SSSR count). The zero-order valence-corrected chi connectivity index (χ0v) is 17.0. The van der Waals surface area contributed by atoms with Crippen LogP contribution in [0.5, 0.6) is 0 Å². The molecule has 1 fully saturated rings. The fourth-order valence-corrected chi connectivity index (χ4v) is 4.12. The van der Waals surface area contributed by atoms with Gasteiger partial charge in [0.1, 0.15) is 5.78 Å². The molecule has 0 spiro atoms. The number of carbonyl (C=O) groups is 1. The number of rotatable bonds is 17. The molecule has 0 aromatic rings. The van der Waals surface area contributed by atoms with Gasteiger partial charge < -0.3 is 0 Å². The van der Waals surface area contributed by atoms with E-state index in [2.05, 4.69) is 20.8 Å². The van der Waals surface area contributed by atoms with Crippen LogP contribution < -0.4 is 0 Å². The summed E-state index contributed by atoms with van der Waals surface area (Å²) in [5.74, 6) is 2.46. The first-order valence-corrected chi connectivity index (χ1v) is 11.2. The van der Waals surface area contributed by atoms with Crippen molar-refractivity contribution in [3.05, 3.63) is 0 Å². The third kappa shape index (κ3) is 9.84. The van der Waals surface area contributed by atoms with Crippen LogP contribution in [-0.2, 0) is 4.79 Å². The molecule has 0 heterocycles. The van der Waals surface area contributed by atoms with Crippen LogP contribution in [0.4, 0.5) is 0 Å². The Bertz CT molecular complexity index is 305. The van der Waals surface area contributed by atoms with Gasteiger partial charge >= 0.3 is 0 Å². The Balaban J connectivity index is 2.17. The van der Waals surface area contributed by atoms with Gasteiger partial charge in [-0.2, -0.15) is 0 Å². The van der Waals surface area contributed by atoms with E-state index in [9.17, 15) is 4.79 Å². The van der Waals surface area contributed by atoms with E-state index in [0.29, 0.717) is 17.6 Å². The van der Waals surface area contributed by atoms with Crippen molar-refractivity contribution in [2.24, 2.45) is 17.8 Å². The van der Waals surface area contributed by atoms with Crippen LogP contribution in [0.15, 0.2) is 0 Å². The van der Waals surface area contributed by atoms with Crippen molar-refractivity contribution in [2.45, 2.75) is 124 Å². The van der Waals surface area contributed by atoms with Gasteiger partial charge in [-0.15, -0.1) is 0 Å². The van der Waals surface area contributed by atoms with Crippen molar-refractivity contribution in [3.63, 3.8) is 0 Å². The maximum absolute atomic E-state index is 12.6. The summed E-state index contributed by atoms with van der Waals surface area (Å²) >= 11 is 0. The third-order valence-corrected chi connectivity index (χ3v) is 6.05. The lowest BCUT2D eigenvalue weighted by atomic mass is 9.81. The van der Waals surface area contributed by atoms with Gasteiger partial charge in [-0.25, -0.2) is 0 Å². The number of ketones is 1. The molecular weight excluding hydrogens is 292 g/mol. The van der Waals surface area contributed by atoms with Gasteiger partial charge in [-0.05, 0) is 37.5 Å². The second kappa shape index (κ2) is 13.9. The quantitative estimate of drug-likeness (QED) is 0.248. The lowest BCUT2D eigenvalue weighted by Crippen LogP contribution is -2.22. The standard InChI is InChI=1S/C23H44O/c1-4-6-8-10-12-14-16-22(21-18-19-21)20(3)23(24)17-15-13-11-9-7-5-2/h20-22H,4-19H2,1-3H3. The summed E-state index contributed by atoms with van der Waals surface area (Å²) in [5, 5.41) is 0. The summed E-state index contributed by atoms with van der Waals surface area (Å²) in [6.07, 6.45) is 20.9. The van der Waals surface area contributed by atoms with Crippen LogP contribution in [-0.4, -0.2) is 5.78 Å². The average Bonchev–Trinajstić information content (AvgIpc) is 3.41. The molecule has 1 saturated carbocycles. The van der Waals surface area contributed by atoms with Crippen molar-refractivity contribution in [1.82, 2.24) is 0 Å². The molecule has 1 nitrogen and oxygen atoms in total. The molecule has 2 atom stereocenters. The molecule has 1 heteroatoms. The highest BCUT2D eigenvalue weighted by atomic mass is 16.1. The van der Waals surface area contributed by atoms with E-state index in [4.69, 9.17) is 0 Å². The Morgan fingerprint density at radius 2 is 1.29 bits per heavy atom. The average molecular weight is 337 g/mol. The third-order valence-electron chi connectivity index (χ3n) is 6.05. The minimum Gasteiger partial charge on any atom is -0.299 e. The van der Waals surface area contributed by atoms with Crippen molar-refractivity contribution in [1.29, 1.82) is 0 Å². The Morgan fingerprint density at radius 3 is 1.83 bits per heavy atom. The highest BCUT2D eigenvalue weighted by Gasteiger charge is 2.36. The van der Waals surface area contributed by atoms with E-state index in [0.717, 1.165) is 18.8 Å². The molecule has 0 bridgehead atoms. The Hall–Kier alpha value is -0.330. The van der Waals surface area contributed by atoms with E-state index in [1.807, 2.05) is 0 Å². The monoisotopic (exact) mass is 336 g/mol. The minimum atomic E-state index is 0.323. The molecule has 0 amide bonds. The zero-order valence-electron chi connectivity index (χ0n) is 17.0. The van der Waals surface area contributed by atoms with E-state index in [1.165, 1.54) is 89.9 Å². The SMILES string of the molecule is CCCCCCCCC(=O)C(C)C(CCCCCCCC)C1CC1. The Labute approximate surface area is 152 Å². The molecule has 1 aliphatic rings. The van der Waals surface area contributed by atoms with Gasteiger partial charge in [0.15, 0.2) is 0 Å². The van der Waals surface area contributed by atoms with Crippen LogP contribution in [0.1, 0.15) is 124 Å². The van der Waals surface area contributed by atoms with E-state index >= 15 is 0 Å². The number of Topliss-reactive ketones (excluding diaryl/α,β-unsaturated/α-hetero) is 1. The molecular formula is C23H44O. The van der Waals surface area contributed by atoms with Gasteiger partial charge in [0.25, 0.3) is 0 Å². The Morgan fingerprint density at radius 1 is 0.792 bits per heavy atom. The lowest BCUT2D eigenvalue weighted by Gasteiger charge is -2.23. The van der Waals surface area contributed by atoms with Crippen LogP contribution in [0.2, 0.25) is 0 Å². The molecule has 0 N–H and O–H groups in total.